The van der Waals surface area contributed by atoms with Crippen molar-refractivity contribution in [1.82, 2.24) is 5.32 Å². The monoisotopic (exact) mass is 1170 g/mol. The normalized spacial score (nSPS) is 19.1. The summed E-state index contributed by atoms with van der Waals surface area (Å²) in [6.07, 6.45) is 63.1. The predicted octanol–water partition coefficient (Wildman–Crippen LogP) is 17.4. The quantitative estimate of drug-likeness (QED) is 0.0215. The Morgan fingerprint density at radius 2 is 0.720 bits per heavy atom. The Kier molecular flexibility index (Phi) is 57.8. The number of ether oxygens (including phenoxy) is 2. The first-order chi connectivity index (χ1) is 40.2. The first kappa shape index (κ1) is 78.9. The molecule has 11 heteroatoms. The van der Waals surface area contributed by atoms with Gasteiger partial charge in [-0.3, -0.25) is 4.79 Å². The van der Waals surface area contributed by atoms with Gasteiger partial charge >= 0.3 is 0 Å². The van der Waals surface area contributed by atoms with E-state index in [9.17, 15) is 40.5 Å². The fraction of sp³-hybridized carbons (Fsp3) is 0.958. The molecular formula is C71H139NO10. The molecule has 11 nitrogen and oxygen atoms in total. The van der Waals surface area contributed by atoms with Crippen molar-refractivity contribution in [3.63, 3.8) is 0 Å². The number of carbonyl (C=O) groups excluding carboxylic acids is 1. The smallest absolute Gasteiger partial charge is 0.249 e. The Morgan fingerprint density at radius 3 is 1.05 bits per heavy atom. The Hall–Kier alpha value is -1.15. The van der Waals surface area contributed by atoms with Crippen LogP contribution >= 0.6 is 0 Å². The Labute approximate surface area is 506 Å². The number of carbonyl (C=O) groups is 1. The number of nitrogens with one attached hydrogen (secondary N) is 1. The minimum Gasteiger partial charge on any atom is -0.394 e. The van der Waals surface area contributed by atoms with Crippen LogP contribution in [-0.4, -0.2) is 110 Å². The molecule has 9 atom stereocenters. The van der Waals surface area contributed by atoms with Crippen molar-refractivity contribution in [2.45, 2.75) is 422 Å². The van der Waals surface area contributed by atoms with Crippen molar-refractivity contribution in [2.24, 2.45) is 0 Å². The molecule has 0 bridgehead atoms. The summed E-state index contributed by atoms with van der Waals surface area (Å²) in [5.74, 6) is -0.697. The second-order valence-electron chi connectivity index (χ2n) is 25.7. The van der Waals surface area contributed by atoms with Crippen LogP contribution in [0.15, 0.2) is 12.2 Å². The maximum atomic E-state index is 13.2. The van der Waals surface area contributed by atoms with Crippen molar-refractivity contribution >= 4 is 5.91 Å². The van der Waals surface area contributed by atoms with Crippen LogP contribution in [0.2, 0.25) is 0 Å². The van der Waals surface area contributed by atoms with Crippen LogP contribution < -0.4 is 5.32 Å². The molecule has 1 amide bonds. The van der Waals surface area contributed by atoms with E-state index >= 15 is 0 Å². The first-order valence-electron chi connectivity index (χ1n) is 36.1. The van der Waals surface area contributed by atoms with Gasteiger partial charge in [0.2, 0.25) is 5.91 Å². The fourth-order valence-electron chi connectivity index (χ4n) is 12.0. The SMILES string of the molecule is CCCCCCCCCCCCCCCCCCCCCCCCCCCC/C=C/CCCC(O)C(O)C(COC1OC(CO)C(O)C(O)C1O)NC(=O)C(O)CCCCCCCCCCCCCCCCCCCCCCCCCC. The van der Waals surface area contributed by atoms with Gasteiger partial charge in [-0.25, -0.2) is 0 Å². The third kappa shape index (κ3) is 47.0. The molecule has 0 aromatic carbocycles. The van der Waals surface area contributed by atoms with Gasteiger partial charge in [0.15, 0.2) is 6.29 Å². The van der Waals surface area contributed by atoms with Crippen LogP contribution in [-0.2, 0) is 14.3 Å². The van der Waals surface area contributed by atoms with Gasteiger partial charge in [-0.05, 0) is 38.5 Å². The van der Waals surface area contributed by atoms with Crippen molar-refractivity contribution in [2.75, 3.05) is 13.2 Å². The lowest BCUT2D eigenvalue weighted by Gasteiger charge is -2.40. The standard InChI is InChI=1S/C71H139NO10/c1-3-5-7-9-11-13-15-17-19-21-23-25-27-29-30-31-32-33-34-35-37-38-40-42-44-46-48-50-52-54-56-58-63(74)66(76)62(61-81-71-69(79)68(78)67(77)65(60-73)82-71)72-70(80)64(75)59-57-55-53-51-49-47-45-43-41-39-36-28-26-24-22-20-18-16-14-12-10-8-6-4-2/h50,52,62-69,71,73-79H,3-49,51,53-61H2,1-2H3,(H,72,80)/b52-50+. The number of hydrogen-bond donors (Lipinski definition) is 8. The molecule has 0 aliphatic carbocycles. The van der Waals surface area contributed by atoms with E-state index in [1.165, 1.54) is 295 Å². The topological polar surface area (TPSA) is 189 Å². The summed E-state index contributed by atoms with van der Waals surface area (Å²) in [6, 6.07) is -1.18. The highest BCUT2D eigenvalue weighted by molar-refractivity contribution is 5.80. The van der Waals surface area contributed by atoms with Gasteiger partial charge < -0.3 is 50.5 Å². The third-order valence-electron chi connectivity index (χ3n) is 17.8. The maximum absolute atomic E-state index is 13.2. The second-order valence-corrected chi connectivity index (χ2v) is 25.7. The Morgan fingerprint density at radius 1 is 0.415 bits per heavy atom. The van der Waals surface area contributed by atoms with E-state index in [0.717, 1.165) is 32.1 Å². The van der Waals surface area contributed by atoms with E-state index in [1.54, 1.807) is 0 Å². The molecule has 1 rings (SSSR count). The van der Waals surface area contributed by atoms with Crippen LogP contribution in [0.4, 0.5) is 0 Å². The molecule has 1 aliphatic rings. The molecule has 0 aromatic rings. The lowest BCUT2D eigenvalue weighted by Crippen LogP contribution is -2.60. The van der Waals surface area contributed by atoms with Crippen LogP contribution in [0.3, 0.4) is 0 Å². The molecular weight excluding hydrogens is 1030 g/mol. The highest BCUT2D eigenvalue weighted by Crippen LogP contribution is 2.24. The zero-order chi connectivity index (χ0) is 59.6. The van der Waals surface area contributed by atoms with Crippen LogP contribution in [0.5, 0.6) is 0 Å². The molecule has 1 heterocycles. The number of rotatable bonds is 64. The number of allylic oxidation sites excluding steroid dienone is 2. The fourth-order valence-corrected chi connectivity index (χ4v) is 12.0. The summed E-state index contributed by atoms with van der Waals surface area (Å²) in [5, 5.41) is 76.5. The van der Waals surface area contributed by atoms with Crippen LogP contribution in [0.1, 0.15) is 367 Å². The summed E-state index contributed by atoms with van der Waals surface area (Å²) >= 11 is 0. The minimum atomic E-state index is -1.67. The van der Waals surface area contributed by atoms with Gasteiger partial charge in [-0.15, -0.1) is 0 Å². The molecule has 1 saturated heterocycles. The summed E-state index contributed by atoms with van der Waals surface area (Å²) < 4.78 is 11.2. The molecule has 1 aliphatic heterocycles. The van der Waals surface area contributed by atoms with Gasteiger partial charge in [-0.2, -0.15) is 0 Å². The van der Waals surface area contributed by atoms with E-state index in [-0.39, 0.29) is 12.8 Å². The molecule has 9 unspecified atom stereocenters. The summed E-state index contributed by atoms with van der Waals surface area (Å²) in [6.45, 7) is 3.51. The molecule has 0 aromatic heterocycles. The summed E-state index contributed by atoms with van der Waals surface area (Å²) in [7, 11) is 0. The van der Waals surface area contributed by atoms with E-state index < -0.39 is 74.2 Å². The highest BCUT2D eigenvalue weighted by atomic mass is 16.7. The first-order valence-corrected chi connectivity index (χ1v) is 36.1. The molecule has 1 fully saturated rings. The summed E-state index contributed by atoms with van der Waals surface area (Å²) in [5.41, 5.74) is 0. The van der Waals surface area contributed by atoms with Crippen LogP contribution in [0, 0.1) is 0 Å². The molecule has 488 valence electrons. The number of unbranched alkanes of at least 4 members (excludes halogenated alkanes) is 50. The van der Waals surface area contributed by atoms with Crippen molar-refractivity contribution in [1.29, 1.82) is 0 Å². The van der Waals surface area contributed by atoms with E-state index in [1.807, 2.05) is 0 Å². The van der Waals surface area contributed by atoms with Gasteiger partial charge in [0.05, 0.1) is 25.4 Å². The molecule has 0 radical (unpaired) electrons. The molecule has 8 N–H and O–H groups in total. The van der Waals surface area contributed by atoms with Crippen molar-refractivity contribution < 1.29 is 50.0 Å². The van der Waals surface area contributed by atoms with Gasteiger partial charge in [0.25, 0.3) is 0 Å². The van der Waals surface area contributed by atoms with Gasteiger partial charge in [0, 0.05) is 0 Å². The number of hydrogen-bond acceptors (Lipinski definition) is 10. The van der Waals surface area contributed by atoms with Gasteiger partial charge in [-0.1, -0.05) is 341 Å². The zero-order valence-corrected chi connectivity index (χ0v) is 54.0. The average molecular weight is 1170 g/mol. The van der Waals surface area contributed by atoms with E-state index in [4.69, 9.17) is 9.47 Å². The molecule has 0 saturated carbocycles. The Balaban J connectivity index is 2.19. The maximum Gasteiger partial charge on any atom is 0.249 e. The third-order valence-corrected chi connectivity index (χ3v) is 17.8. The molecule has 82 heavy (non-hydrogen) atoms. The predicted molar refractivity (Wildman–Crippen MR) is 344 cm³/mol. The Bertz CT molecular complexity index is 1340. The van der Waals surface area contributed by atoms with E-state index in [2.05, 4.69) is 31.3 Å². The number of aliphatic hydroxyl groups excluding tert-OH is 7. The minimum absolute atomic E-state index is 0.260. The second kappa shape index (κ2) is 60.1. The highest BCUT2D eigenvalue weighted by Gasteiger charge is 2.44. The molecule has 0 spiro atoms. The van der Waals surface area contributed by atoms with Crippen LogP contribution in [0.25, 0.3) is 0 Å². The summed E-state index contributed by atoms with van der Waals surface area (Å²) in [4.78, 5) is 13.2. The average Bonchev–Trinajstić information content (AvgIpc) is 3.48. The van der Waals surface area contributed by atoms with Gasteiger partial charge in [0.1, 0.15) is 36.6 Å². The largest absolute Gasteiger partial charge is 0.394 e. The number of aliphatic hydroxyl groups is 7. The lowest BCUT2D eigenvalue weighted by molar-refractivity contribution is -0.303. The van der Waals surface area contributed by atoms with Crippen molar-refractivity contribution in [3.8, 4) is 0 Å². The van der Waals surface area contributed by atoms with Crippen molar-refractivity contribution in [3.05, 3.63) is 12.2 Å². The zero-order valence-electron chi connectivity index (χ0n) is 54.0. The number of amides is 1. The lowest BCUT2D eigenvalue weighted by atomic mass is 9.98. The van der Waals surface area contributed by atoms with E-state index in [0.29, 0.717) is 12.8 Å².